The fraction of sp³-hybridized carbons (Fsp3) is 1.00. The van der Waals surface area contributed by atoms with Crippen LogP contribution in [0.25, 0.3) is 0 Å². The number of aliphatic hydroxyl groups is 4. The Morgan fingerprint density at radius 3 is 2.12 bits per heavy atom. The highest BCUT2D eigenvalue weighted by Crippen LogP contribution is 2.36. The van der Waals surface area contributed by atoms with Crippen molar-refractivity contribution in [2.24, 2.45) is 0 Å². The molecule has 1 heterocycles. The minimum atomic E-state index is -4.73. The topological polar surface area (TPSA) is 157 Å². The average molecular weight is 260 g/mol. The molecule has 1 saturated heterocycles. The number of aliphatic hydroxyl groups excluding tert-OH is 4. The van der Waals surface area contributed by atoms with Crippen molar-refractivity contribution < 1.29 is 44.0 Å². The number of hydrogen-bond acceptors (Lipinski definition) is 7. The van der Waals surface area contributed by atoms with E-state index in [1.165, 1.54) is 0 Å². The van der Waals surface area contributed by atoms with Crippen LogP contribution in [0.2, 0.25) is 0 Å². The van der Waals surface area contributed by atoms with Crippen LogP contribution in [0.5, 0.6) is 0 Å². The Morgan fingerprint density at radius 2 is 1.62 bits per heavy atom. The first-order valence-electron chi connectivity index (χ1n) is 4.30. The number of hydrogen-bond donors (Lipinski definition) is 6. The number of ether oxygens (including phenoxy) is 1. The highest BCUT2D eigenvalue weighted by Gasteiger charge is 2.43. The van der Waals surface area contributed by atoms with Crippen LogP contribution in [0.4, 0.5) is 0 Å². The zero-order chi connectivity index (χ0) is 12.5. The maximum absolute atomic E-state index is 10.4. The highest BCUT2D eigenvalue weighted by atomic mass is 31.2. The number of rotatable bonds is 3. The molecular formula is C6H13O9P. The van der Waals surface area contributed by atoms with E-state index < -0.39 is 45.1 Å². The van der Waals surface area contributed by atoms with E-state index >= 15 is 0 Å². The van der Waals surface area contributed by atoms with Crippen molar-refractivity contribution in [3.05, 3.63) is 0 Å². The number of phosphoric acid groups is 1. The summed E-state index contributed by atoms with van der Waals surface area (Å²) in [5, 5.41) is 36.7. The molecule has 1 aliphatic rings. The van der Waals surface area contributed by atoms with Crippen molar-refractivity contribution >= 4 is 7.82 Å². The lowest BCUT2D eigenvalue weighted by Gasteiger charge is -2.38. The van der Waals surface area contributed by atoms with Crippen LogP contribution in [-0.4, -0.2) is 67.5 Å². The zero-order valence-corrected chi connectivity index (χ0v) is 8.84. The molecule has 0 amide bonds. The van der Waals surface area contributed by atoms with Gasteiger partial charge in [-0.25, -0.2) is 4.57 Å². The minimum absolute atomic E-state index is 0.730. The summed E-state index contributed by atoms with van der Waals surface area (Å²) in [4.78, 5) is 16.8. The first-order valence-corrected chi connectivity index (χ1v) is 5.83. The molecule has 0 bridgehead atoms. The molecule has 0 saturated carbocycles. The van der Waals surface area contributed by atoms with Crippen molar-refractivity contribution in [2.45, 2.75) is 30.7 Å². The van der Waals surface area contributed by atoms with E-state index in [9.17, 15) is 14.8 Å². The fourth-order valence-corrected chi connectivity index (χ4v) is 1.58. The zero-order valence-electron chi connectivity index (χ0n) is 7.95. The Morgan fingerprint density at radius 1 is 1.06 bits per heavy atom. The third kappa shape index (κ3) is 3.45. The second-order valence-corrected chi connectivity index (χ2v) is 4.56. The lowest BCUT2D eigenvalue weighted by Crippen LogP contribution is -2.58. The van der Waals surface area contributed by atoms with Gasteiger partial charge in [-0.05, 0) is 0 Å². The summed E-state index contributed by atoms with van der Waals surface area (Å²) in [6.07, 6.45) is -8.11. The molecule has 6 N–H and O–H groups in total. The fourth-order valence-electron chi connectivity index (χ4n) is 1.24. The Balaban J connectivity index is 2.57. The van der Waals surface area contributed by atoms with Crippen molar-refractivity contribution in [1.82, 2.24) is 0 Å². The molecule has 5 atom stereocenters. The Bertz CT molecular complexity index is 277. The standard InChI is InChI=1S/C6H13O9P/c7-3-2(1-14-16(11,12)13)15-6(10)5(9)4(3)8/h2-10H,1H2,(H2,11,12,13)/t2?,3-,4+,5?,6+/m0/s1. The maximum atomic E-state index is 10.4. The van der Waals surface area contributed by atoms with E-state index in [0.717, 1.165) is 0 Å². The van der Waals surface area contributed by atoms with Gasteiger partial charge in [-0.2, -0.15) is 0 Å². The van der Waals surface area contributed by atoms with Gasteiger partial charge in [0.1, 0.15) is 24.4 Å². The Hall–Kier alpha value is -0.0900. The molecule has 16 heavy (non-hydrogen) atoms. The summed E-state index contributed by atoms with van der Waals surface area (Å²) in [6.45, 7) is -0.730. The van der Waals surface area contributed by atoms with Crippen LogP contribution in [0, 0.1) is 0 Å². The molecule has 0 radical (unpaired) electrons. The maximum Gasteiger partial charge on any atom is 0.469 e. The first-order chi connectivity index (χ1) is 7.22. The van der Waals surface area contributed by atoms with Gasteiger partial charge < -0.3 is 34.9 Å². The molecule has 96 valence electrons. The molecule has 0 aliphatic carbocycles. The van der Waals surface area contributed by atoms with Gasteiger partial charge in [0.25, 0.3) is 0 Å². The summed E-state index contributed by atoms with van der Waals surface area (Å²) in [5.74, 6) is 0. The van der Waals surface area contributed by atoms with Crippen LogP contribution in [0.15, 0.2) is 0 Å². The van der Waals surface area contributed by atoms with Gasteiger partial charge in [-0.3, -0.25) is 4.52 Å². The van der Waals surface area contributed by atoms with Crippen LogP contribution >= 0.6 is 7.82 Å². The first kappa shape index (κ1) is 14.0. The second-order valence-electron chi connectivity index (χ2n) is 3.32. The molecule has 0 aromatic heterocycles. The van der Waals surface area contributed by atoms with E-state index in [0.29, 0.717) is 0 Å². The predicted octanol–water partition coefficient (Wildman–Crippen LogP) is -3.10. The van der Waals surface area contributed by atoms with Crippen molar-refractivity contribution in [3.8, 4) is 0 Å². The molecule has 0 spiro atoms. The van der Waals surface area contributed by atoms with Crippen molar-refractivity contribution in [3.63, 3.8) is 0 Å². The van der Waals surface area contributed by atoms with Gasteiger partial charge in [0, 0.05) is 0 Å². The molecular weight excluding hydrogens is 247 g/mol. The summed E-state index contributed by atoms with van der Waals surface area (Å²) < 4.78 is 19.0. The van der Waals surface area contributed by atoms with Crippen LogP contribution in [0.1, 0.15) is 0 Å². The highest BCUT2D eigenvalue weighted by molar-refractivity contribution is 7.46. The van der Waals surface area contributed by atoms with Gasteiger partial charge in [-0.15, -0.1) is 0 Å². The summed E-state index contributed by atoms with van der Waals surface area (Å²) in [5.41, 5.74) is 0. The van der Waals surface area contributed by atoms with Gasteiger partial charge in [-0.1, -0.05) is 0 Å². The molecule has 10 heteroatoms. The van der Waals surface area contributed by atoms with Gasteiger partial charge in [0.2, 0.25) is 0 Å². The van der Waals surface area contributed by atoms with Gasteiger partial charge in [0.05, 0.1) is 6.61 Å². The molecule has 1 rings (SSSR count). The molecule has 9 nitrogen and oxygen atoms in total. The quantitative estimate of drug-likeness (QED) is 0.289. The SMILES string of the molecule is O=P(O)(O)OCC1O[C@@H](O)C(O)[C@H](O)[C@H]1O. The van der Waals surface area contributed by atoms with Crippen molar-refractivity contribution in [2.75, 3.05) is 6.61 Å². The van der Waals surface area contributed by atoms with E-state index in [4.69, 9.17) is 20.0 Å². The normalized spacial score (nSPS) is 41.0. The van der Waals surface area contributed by atoms with E-state index in [1.54, 1.807) is 0 Å². The van der Waals surface area contributed by atoms with Gasteiger partial charge in [0.15, 0.2) is 6.29 Å². The minimum Gasteiger partial charge on any atom is -0.387 e. The molecule has 0 aromatic rings. The monoisotopic (exact) mass is 260 g/mol. The van der Waals surface area contributed by atoms with E-state index in [2.05, 4.69) is 9.26 Å². The van der Waals surface area contributed by atoms with Crippen LogP contribution in [0.3, 0.4) is 0 Å². The van der Waals surface area contributed by atoms with E-state index in [-0.39, 0.29) is 0 Å². The van der Waals surface area contributed by atoms with E-state index in [1.807, 2.05) is 0 Å². The predicted molar refractivity (Wildman–Crippen MR) is 46.9 cm³/mol. The summed E-state index contributed by atoms with van der Waals surface area (Å²) in [6, 6.07) is 0. The molecule has 0 aromatic carbocycles. The second kappa shape index (κ2) is 5.05. The van der Waals surface area contributed by atoms with Gasteiger partial charge >= 0.3 is 7.82 Å². The average Bonchev–Trinajstić information content (AvgIpc) is 2.17. The lowest BCUT2D eigenvalue weighted by atomic mass is 10.00. The molecule has 1 aliphatic heterocycles. The smallest absolute Gasteiger partial charge is 0.387 e. The number of phosphoric ester groups is 1. The largest absolute Gasteiger partial charge is 0.469 e. The molecule has 2 unspecified atom stereocenters. The lowest BCUT2D eigenvalue weighted by molar-refractivity contribution is -0.285. The third-order valence-corrected chi connectivity index (χ3v) is 2.58. The Labute approximate surface area is 90.1 Å². The van der Waals surface area contributed by atoms with Crippen LogP contribution in [-0.2, 0) is 13.8 Å². The summed E-state index contributed by atoms with van der Waals surface area (Å²) >= 11 is 0. The molecule has 1 fully saturated rings. The van der Waals surface area contributed by atoms with Crippen LogP contribution < -0.4 is 0 Å². The van der Waals surface area contributed by atoms with Crippen molar-refractivity contribution in [1.29, 1.82) is 0 Å². The Kier molecular flexibility index (Phi) is 4.41. The summed E-state index contributed by atoms with van der Waals surface area (Å²) in [7, 11) is -4.73. The third-order valence-electron chi connectivity index (χ3n) is 2.09.